The summed E-state index contributed by atoms with van der Waals surface area (Å²) in [6, 6.07) is 4.10. The standard InChI is InChI=1S/C21H27N5O3/c1-23-21(28)26-7-5-12(6-8-26)14-9-15-17(10-18(14)29-2)24-11-16(19(15)22)20(27)25-13-3-4-13/h9-13H,3-8H2,1-2H3,(H2,22,24)(H,23,28)(H,25,27). The van der Waals surface area contributed by atoms with E-state index in [4.69, 9.17) is 10.5 Å². The third-order valence-corrected chi connectivity index (χ3v) is 5.85. The van der Waals surface area contributed by atoms with Crippen LogP contribution < -0.4 is 21.1 Å². The van der Waals surface area contributed by atoms with E-state index in [-0.39, 0.29) is 23.9 Å². The van der Waals surface area contributed by atoms with Crippen LogP contribution in [0.1, 0.15) is 47.5 Å². The lowest BCUT2D eigenvalue weighted by molar-refractivity contribution is 0.0951. The number of nitrogens with two attached hydrogens (primary N) is 1. The average molecular weight is 397 g/mol. The number of anilines is 1. The largest absolute Gasteiger partial charge is 0.496 e. The fourth-order valence-corrected chi connectivity index (χ4v) is 3.98. The quantitative estimate of drug-likeness (QED) is 0.733. The highest BCUT2D eigenvalue weighted by Gasteiger charge is 2.28. The third-order valence-electron chi connectivity index (χ3n) is 5.85. The number of amides is 3. The van der Waals surface area contributed by atoms with Crippen LogP contribution in [-0.4, -0.2) is 55.1 Å². The molecule has 0 bridgehead atoms. The number of rotatable bonds is 4. The molecule has 2 fully saturated rings. The number of nitrogen functional groups attached to an aromatic ring is 1. The first-order chi connectivity index (χ1) is 14.0. The molecule has 2 aliphatic rings. The molecule has 1 saturated carbocycles. The van der Waals surface area contributed by atoms with Gasteiger partial charge in [-0.25, -0.2) is 4.79 Å². The normalized spacial score (nSPS) is 17.2. The molecule has 1 aliphatic carbocycles. The number of likely N-dealkylation sites (tertiary alicyclic amines) is 1. The lowest BCUT2D eigenvalue weighted by Crippen LogP contribution is -2.42. The van der Waals surface area contributed by atoms with Gasteiger partial charge in [-0.2, -0.15) is 0 Å². The Kier molecular flexibility index (Phi) is 5.17. The number of aromatic nitrogens is 1. The molecule has 1 saturated heterocycles. The fourth-order valence-electron chi connectivity index (χ4n) is 3.98. The van der Waals surface area contributed by atoms with Crippen LogP contribution >= 0.6 is 0 Å². The van der Waals surface area contributed by atoms with Gasteiger partial charge in [0.15, 0.2) is 0 Å². The maximum absolute atomic E-state index is 12.5. The van der Waals surface area contributed by atoms with E-state index in [0.717, 1.165) is 42.4 Å². The molecule has 8 nitrogen and oxygen atoms in total. The van der Waals surface area contributed by atoms with Crippen molar-refractivity contribution in [2.24, 2.45) is 0 Å². The number of benzene rings is 1. The van der Waals surface area contributed by atoms with Gasteiger partial charge in [0.25, 0.3) is 5.91 Å². The number of carbonyl (C=O) groups is 2. The number of carbonyl (C=O) groups excluding carboxylic acids is 2. The van der Waals surface area contributed by atoms with E-state index in [1.54, 1.807) is 14.2 Å². The zero-order valence-corrected chi connectivity index (χ0v) is 16.8. The van der Waals surface area contributed by atoms with Gasteiger partial charge in [-0.15, -0.1) is 0 Å². The van der Waals surface area contributed by atoms with Crippen molar-refractivity contribution < 1.29 is 14.3 Å². The summed E-state index contributed by atoms with van der Waals surface area (Å²) < 4.78 is 5.63. The molecule has 29 heavy (non-hydrogen) atoms. The number of nitrogens with zero attached hydrogens (tertiary/aromatic N) is 2. The average Bonchev–Trinajstić information content (AvgIpc) is 3.56. The summed E-state index contributed by atoms with van der Waals surface area (Å²) >= 11 is 0. The Labute approximate surface area is 169 Å². The zero-order chi connectivity index (χ0) is 20.5. The molecular weight excluding hydrogens is 370 g/mol. The van der Waals surface area contributed by atoms with Gasteiger partial charge in [0, 0.05) is 43.8 Å². The Morgan fingerprint density at radius 1 is 1.21 bits per heavy atom. The Morgan fingerprint density at radius 2 is 1.93 bits per heavy atom. The predicted octanol–water partition coefficient (Wildman–Crippen LogP) is 2.24. The van der Waals surface area contributed by atoms with E-state index in [0.29, 0.717) is 29.9 Å². The monoisotopic (exact) mass is 397 g/mol. The van der Waals surface area contributed by atoms with E-state index in [1.807, 2.05) is 17.0 Å². The van der Waals surface area contributed by atoms with Crippen molar-refractivity contribution in [3.8, 4) is 5.75 Å². The van der Waals surface area contributed by atoms with Gasteiger partial charge in [-0.1, -0.05) is 0 Å². The Morgan fingerprint density at radius 3 is 2.55 bits per heavy atom. The predicted molar refractivity (Wildman–Crippen MR) is 111 cm³/mol. The SMILES string of the molecule is CNC(=O)N1CCC(c2cc3c(N)c(C(=O)NC4CC4)cnc3cc2OC)CC1. The summed E-state index contributed by atoms with van der Waals surface area (Å²) in [5.41, 5.74) is 8.99. The second-order valence-electron chi connectivity index (χ2n) is 7.76. The highest BCUT2D eigenvalue weighted by molar-refractivity contribution is 6.06. The third kappa shape index (κ3) is 3.79. The number of hydrogen-bond acceptors (Lipinski definition) is 5. The number of fused-ring (bicyclic) bond motifs is 1. The molecule has 154 valence electrons. The number of hydrogen-bond donors (Lipinski definition) is 3. The smallest absolute Gasteiger partial charge is 0.317 e. The van der Waals surface area contributed by atoms with Crippen LogP contribution in [0, 0.1) is 0 Å². The second-order valence-corrected chi connectivity index (χ2v) is 7.76. The van der Waals surface area contributed by atoms with Gasteiger partial charge >= 0.3 is 6.03 Å². The molecule has 4 rings (SSSR count). The number of pyridine rings is 1. The molecule has 2 heterocycles. The van der Waals surface area contributed by atoms with Gasteiger partial charge in [0.05, 0.1) is 23.9 Å². The molecule has 1 aromatic carbocycles. The highest BCUT2D eigenvalue weighted by atomic mass is 16.5. The summed E-state index contributed by atoms with van der Waals surface area (Å²) in [7, 11) is 3.29. The minimum atomic E-state index is -0.171. The Balaban J connectivity index is 1.65. The van der Waals surface area contributed by atoms with Crippen LogP contribution in [0.15, 0.2) is 18.3 Å². The first-order valence-electron chi connectivity index (χ1n) is 10.1. The van der Waals surface area contributed by atoms with E-state index >= 15 is 0 Å². The first kappa shape index (κ1) is 19.3. The number of urea groups is 1. The minimum Gasteiger partial charge on any atom is -0.496 e. The number of methoxy groups -OCH3 is 1. The maximum Gasteiger partial charge on any atom is 0.317 e. The molecule has 2 aromatic rings. The lowest BCUT2D eigenvalue weighted by Gasteiger charge is -2.32. The van der Waals surface area contributed by atoms with Gasteiger partial charge in [0.1, 0.15) is 5.75 Å². The summed E-state index contributed by atoms with van der Waals surface area (Å²) in [5.74, 6) is 0.840. The van der Waals surface area contributed by atoms with Crippen LogP contribution in [0.25, 0.3) is 10.9 Å². The van der Waals surface area contributed by atoms with Crippen LogP contribution in [0.2, 0.25) is 0 Å². The van der Waals surface area contributed by atoms with E-state index in [2.05, 4.69) is 15.6 Å². The van der Waals surface area contributed by atoms with Crippen molar-refractivity contribution in [2.45, 2.75) is 37.6 Å². The van der Waals surface area contributed by atoms with E-state index in [9.17, 15) is 9.59 Å². The lowest BCUT2D eigenvalue weighted by atomic mass is 9.87. The first-order valence-corrected chi connectivity index (χ1v) is 10.1. The van der Waals surface area contributed by atoms with Crippen molar-refractivity contribution >= 4 is 28.5 Å². The van der Waals surface area contributed by atoms with Gasteiger partial charge in [-0.05, 0) is 43.2 Å². The van der Waals surface area contributed by atoms with E-state index < -0.39 is 0 Å². The molecule has 4 N–H and O–H groups in total. The molecule has 0 spiro atoms. The Bertz CT molecular complexity index is 949. The highest BCUT2D eigenvalue weighted by Crippen LogP contribution is 2.38. The van der Waals surface area contributed by atoms with Crippen LogP contribution in [0.4, 0.5) is 10.5 Å². The molecule has 0 radical (unpaired) electrons. The van der Waals surface area contributed by atoms with Gasteiger partial charge in [0.2, 0.25) is 0 Å². The molecular formula is C21H27N5O3. The van der Waals surface area contributed by atoms with Crippen LogP contribution in [0.5, 0.6) is 5.75 Å². The fraction of sp³-hybridized carbons (Fsp3) is 0.476. The summed E-state index contributed by atoms with van der Waals surface area (Å²) in [4.78, 5) is 30.6. The number of nitrogens with one attached hydrogen (secondary N) is 2. The van der Waals surface area contributed by atoms with Crippen molar-refractivity contribution in [2.75, 3.05) is 33.0 Å². The Hall–Kier alpha value is -3.03. The number of ether oxygens (including phenoxy) is 1. The van der Waals surface area contributed by atoms with Gasteiger partial charge in [-0.3, -0.25) is 9.78 Å². The van der Waals surface area contributed by atoms with Crippen LogP contribution in [0.3, 0.4) is 0 Å². The van der Waals surface area contributed by atoms with Crippen molar-refractivity contribution in [1.82, 2.24) is 20.5 Å². The topological polar surface area (TPSA) is 110 Å². The number of piperidine rings is 1. The summed E-state index contributed by atoms with van der Waals surface area (Å²) in [5, 5.41) is 6.41. The van der Waals surface area contributed by atoms with Gasteiger partial charge < -0.3 is 26.0 Å². The maximum atomic E-state index is 12.5. The minimum absolute atomic E-state index is 0.0475. The van der Waals surface area contributed by atoms with Crippen LogP contribution in [-0.2, 0) is 0 Å². The van der Waals surface area contributed by atoms with Crippen molar-refractivity contribution in [3.05, 3.63) is 29.5 Å². The molecule has 3 amide bonds. The van der Waals surface area contributed by atoms with Crippen molar-refractivity contribution in [1.29, 1.82) is 0 Å². The molecule has 0 atom stereocenters. The van der Waals surface area contributed by atoms with Crippen molar-refractivity contribution in [3.63, 3.8) is 0 Å². The molecule has 1 aromatic heterocycles. The molecule has 1 aliphatic heterocycles. The summed E-state index contributed by atoms with van der Waals surface area (Å²) in [6.07, 6.45) is 5.25. The summed E-state index contributed by atoms with van der Waals surface area (Å²) in [6.45, 7) is 1.37. The molecule has 0 unspecified atom stereocenters. The second kappa shape index (κ2) is 7.77. The zero-order valence-electron chi connectivity index (χ0n) is 16.8. The molecule has 8 heteroatoms. The van der Waals surface area contributed by atoms with E-state index in [1.165, 1.54) is 6.20 Å².